The summed E-state index contributed by atoms with van der Waals surface area (Å²) in [6.45, 7) is 6.35. The van der Waals surface area contributed by atoms with Gasteiger partial charge in [-0.15, -0.1) is 0 Å². The Morgan fingerprint density at radius 1 is 0.613 bits per heavy atom. The molecule has 6 rings (SSSR count). The number of primary amides is 1. The number of carbonyl (C=O) groups excluding carboxylic acids is 10. The monoisotopic (exact) mass is 1290 g/mol. The number of hydrogen-bond acceptors (Lipinski definition) is 18. The van der Waals surface area contributed by atoms with Crippen molar-refractivity contribution < 1.29 is 68.4 Å². The van der Waals surface area contributed by atoms with Gasteiger partial charge >= 0.3 is 0 Å². The number of rotatable bonds is 22. The minimum atomic E-state index is -1.78. The van der Waals surface area contributed by atoms with E-state index in [0.717, 1.165) is 16.5 Å². The predicted molar refractivity (Wildman–Crippen MR) is 348 cm³/mol. The Morgan fingerprint density at radius 2 is 1.13 bits per heavy atom. The number of aliphatic hydroxyl groups is 1. The van der Waals surface area contributed by atoms with Gasteiger partial charge < -0.3 is 67.9 Å². The molecule has 0 spiro atoms. The van der Waals surface area contributed by atoms with E-state index in [-0.39, 0.29) is 86.5 Å². The third-order valence-electron chi connectivity index (χ3n) is 16.4. The molecule has 8 atom stereocenters. The number of aromatic hydroxyl groups is 3. The van der Waals surface area contributed by atoms with Gasteiger partial charge in [0, 0.05) is 49.5 Å². The predicted octanol–water partition coefficient (Wildman–Crippen LogP) is 2.24. The molecule has 14 N–H and O–H groups in total. The first kappa shape index (κ1) is 73.2. The van der Waals surface area contributed by atoms with Crippen LogP contribution in [0.25, 0.3) is 10.9 Å². The highest BCUT2D eigenvalue weighted by atomic mass is 16.3. The Kier molecular flexibility index (Phi) is 28.6. The zero-order chi connectivity index (χ0) is 67.7. The van der Waals surface area contributed by atoms with E-state index in [1.165, 1.54) is 67.4 Å². The number of amides is 6. The van der Waals surface area contributed by atoms with Crippen LogP contribution in [0.5, 0.6) is 17.2 Å². The number of aliphatic hydroxyl groups excluding tert-OH is 1. The molecule has 1 fully saturated rings. The molecule has 0 radical (unpaired) electrons. The van der Waals surface area contributed by atoms with E-state index >= 15 is 0 Å². The van der Waals surface area contributed by atoms with Crippen LogP contribution in [0.2, 0.25) is 0 Å². The number of ketones is 4. The number of fused-ring (bicyclic) bond motifs is 1. The van der Waals surface area contributed by atoms with Crippen LogP contribution in [0.1, 0.15) is 101 Å². The van der Waals surface area contributed by atoms with E-state index < -0.39 is 115 Å². The van der Waals surface area contributed by atoms with Crippen LogP contribution < -0.4 is 43.1 Å². The van der Waals surface area contributed by atoms with Gasteiger partial charge in [-0.25, -0.2) is 10.4 Å². The van der Waals surface area contributed by atoms with Gasteiger partial charge in [-0.05, 0) is 156 Å². The summed E-state index contributed by atoms with van der Waals surface area (Å²) in [5.41, 5.74) is 11.9. The standard InChI is InChI=1S/C68H91N11O14/c1-41(2)32-58-64(89)63(88)57(35-46-19-25-51(85)26-20-46)74-66(91)54(27-28-61(69)86)73-68(93)60(40-80)76-67(92)59(36-48-38-70-53-14-7-6-13-52(48)53)75-65(90)47(37-71-55(42(3)81)33-44-15-21-49(83)22-16-44)12-8-9-29-78(5)30-10-11-31-79(77-58)39-62(87)72-56(43(4)82)34-45-17-23-50(84)24-18-45/h6-7,13-26,38,41,47,54-60,70-71,77,80,83-85H,8-12,27-37,39-40H2,1-5H3,(H2,69,86)(H,72,87)(H,73,93)(H,74,91)(H,75,90)(H,76,92)/t47?,54-,55-,56-,57?,58-,59-,60?/m0/s1. The van der Waals surface area contributed by atoms with Gasteiger partial charge in [0.25, 0.3) is 0 Å². The number of aromatic amines is 1. The van der Waals surface area contributed by atoms with Crippen molar-refractivity contribution >= 4 is 69.5 Å². The van der Waals surface area contributed by atoms with Gasteiger partial charge in [0.1, 0.15) is 41.2 Å². The summed E-state index contributed by atoms with van der Waals surface area (Å²) in [7, 11) is 1.94. The maximum absolute atomic E-state index is 14.9. The summed E-state index contributed by atoms with van der Waals surface area (Å²) in [5.74, 6) is -8.76. The van der Waals surface area contributed by atoms with E-state index in [2.05, 4.69) is 47.2 Å². The first-order valence-corrected chi connectivity index (χ1v) is 31.7. The molecule has 6 amide bonds. The zero-order valence-electron chi connectivity index (χ0n) is 53.6. The van der Waals surface area contributed by atoms with Crippen molar-refractivity contribution in [2.75, 3.05) is 46.4 Å². The molecule has 1 aromatic heterocycles. The quantitative estimate of drug-likeness (QED) is 0.0442. The van der Waals surface area contributed by atoms with E-state index in [0.29, 0.717) is 61.9 Å². The summed E-state index contributed by atoms with van der Waals surface area (Å²) in [6, 6.07) is 16.1. The number of phenolic OH excluding ortho intramolecular Hbond substituents is 3. The normalized spacial score (nSPS) is 21.0. The highest BCUT2D eigenvalue weighted by Crippen LogP contribution is 2.22. The van der Waals surface area contributed by atoms with Crippen molar-refractivity contribution in [3.8, 4) is 17.2 Å². The fourth-order valence-electron chi connectivity index (χ4n) is 11.1. The van der Waals surface area contributed by atoms with Crippen molar-refractivity contribution in [1.29, 1.82) is 0 Å². The molecule has 2 heterocycles. The number of Topliss-reactive ketones (excluding diaryl/α,β-unsaturated/α-hetero) is 4. The molecule has 1 aliphatic heterocycles. The number of hydrogen-bond donors (Lipinski definition) is 13. The molecule has 25 heteroatoms. The van der Waals surface area contributed by atoms with Crippen molar-refractivity contribution in [3.05, 3.63) is 126 Å². The van der Waals surface area contributed by atoms with Crippen molar-refractivity contribution in [3.63, 3.8) is 0 Å². The molecule has 5 aromatic rings. The van der Waals surface area contributed by atoms with Crippen LogP contribution in [0.15, 0.2) is 103 Å². The Balaban J connectivity index is 1.36. The number of aromatic nitrogens is 1. The average molecular weight is 1290 g/mol. The minimum absolute atomic E-state index is 0.00323. The Morgan fingerprint density at radius 3 is 1.72 bits per heavy atom. The summed E-state index contributed by atoms with van der Waals surface area (Å²) in [5, 5.41) is 59.7. The van der Waals surface area contributed by atoms with Gasteiger partial charge in [-0.1, -0.05) is 74.9 Å². The lowest BCUT2D eigenvalue weighted by Gasteiger charge is -2.30. The maximum atomic E-state index is 14.9. The van der Waals surface area contributed by atoms with Gasteiger partial charge in [0.05, 0.1) is 43.2 Å². The highest BCUT2D eigenvalue weighted by Gasteiger charge is 2.37. The van der Waals surface area contributed by atoms with Crippen LogP contribution in [-0.4, -0.2) is 183 Å². The lowest BCUT2D eigenvalue weighted by atomic mass is 9.92. The second kappa shape index (κ2) is 36.4. The molecule has 4 aromatic carbocycles. The van der Waals surface area contributed by atoms with Crippen LogP contribution in [-0.2, 0) is 73.6 Å². The average Bonchev–Trinajstić information content (AvgIpc) is 2.16. The van der Waals surface area contributed by atoms with Crippen LogP contribution in [0.4, 0.5) is 0 Å². The van der Waals surface area contributed by atoms with Gasteiger partial charge in [0.2, 0.25) is 47.0 Å². The number of benzene rings is 4. The molecule has 1 aliphatic rings. The summed E-state index contributed by atoms with van der Waals surface area (Å²) in [4.78, 5) is 146. The van der Waals surface area contributed by atoms with Gasteiger partial charge in [0.15, 0.2) is 5.78 Å². The van der Waals surface area contributed by atoms with E-state index in [1.807, 2.05) is 45.2 Å². The Hall–Kier alpha value is -8.88. The first-order chi connectivity index (χ1) is 44.3. The molecule has 25 nitrogen and oxygen atoms in total. The second-order valence-electron chi connectivity index (χ2n) is 24.6. The zero-order valence-corrected chi connectivity index (χ0v) is 53.6. The minimum Gasteiger partial charge on any atom is -0.508 e. The lowest BCUT2D eigenvalue weighted by molar-refractivity contribution is -0.141. The molecule has 1 saturated heterocycles. The highest BCUT2D eigenvalue weighted by molar-refractivity contribution is 6.41. The van der Waals surface area contributed by atoms with Crippen molar-refractivity contribution in [1.82, 2.24) is 52.2 Å². The number of nitrogens with one attached hydrogen (secondary N) is 8. The van der Waals surface area contributed by atoms with Crippen molar-refractivity contribution in [2.45, 2.75) is 147 Å². The topological polar surface area (TPSA) is 384 Å². The number of hydrazine groups is 1. The summed E-state index contributed by atoms with van der Waals surface area (Å²) < 4.78 is 0. The molecular weight excluding hydrogens is 1190 g/mol. The fourth-order valence-corrected chi connectivity index (χ4v) is 11.1. The Labute approximate surface area is 541 Å². The molecule has 0 bridgehead atoms. The van der Waals surface area contributed by atoms with Crippen LogP contribution in [0.3, 0.4) is 0 Å². The van der Waals surface area contributed by atoms with Gasteiger partial charge in [-0.3, -0.25) is 47.9 Å². The molecule has 93 heavy (non-hydrogen) atoms. The van der Waals surface area contributed by atoms with Crippen molar-refractivity contribution in [2.24, 2.45) is 17.6 Å². The fraction of sp³-hybridized carbons (Fsp3) is 0.471. The second-order valence-corrected chi connectivity index (χ2v) is 24.6. The smallest absolute Gasteiger partial charge is 0.245 e. The number of phenols is 3. The third-order valence-corrected chi connectivity index (χ3v) is 16.4. The SMILES string of the molecule is CC(=O)[C@H](Cc1ccc(O)cc1)NCC1CCCCN(C)CCCCN(CC(=O)N[C@@H](Cc2ccc(O)cc2)C(C)=O)N[C@@H](CC(C)C)C(=O)C(=O)C(Cc2ccc(O)cc2)NC(=O)[C@H](CCC(N)=O)NC(=O)C(CO)NC(=O)[C@H](Cc2c[nH]c3ccccc23)NC1=O. The molecule has 502 valence electrons. The Bertz CT molecular complexity index is 3340. The number of H-pyrrole nitrogens is 1. The third kappa shape index (κ3) is 24.0. The summed E-state index contributed by atoms with van der Waals surface area (Å²) in [6.07, 6.45) is 3.23. The molecule has 3 unspecified atom stereocenters. The number of nitrogens with two attached hydrogens (primary N) is 1. The maximum Gasteiger partial charge on any atom is 0.245 e. The molecule has 0 saturated carbocycles. The molecular formula is C68H91N11O14. The van der Waals surface area contributed by atoms with Crippen LogP contribution in [0, 0.1) is 11.8 Å². The number of carbonyl (C=O) groups is 10. The largest absolute Gasteiger partial charge is 0.508 e. The van der Waals surface area contributed by atoms with Crippen LogP contribution >= 0.6 is 0 Å². The number of nitrogens with zero attached hydrogens (tertiary/aromatic N) is 2. The summed E-state index contributed by atoms with van der Waals surface area (Å²) >= 11 is 0. The number of para-hydroxylation sites is 1. The van der Waals surface area contributed by atoms with Gasteiger partial charge in [-0.2, -0.15) is 0 Å². The van der Waals surface area contributed by atoms with E-state index in [4.69, 9.17) is 5.73 Å². The van der Waals surface area contributed by atoms with E-state index in [9.17, 15) is 68.4 Å². The lowest BCUT2D eigenvalue weighted by Crippen LogP contribution is -2.60. The van der Waals surface area contributed by atoms with E-state index in [1.54, 1.807) is 30.5 Å². The first-order valence-electron chi connectivity index (χ1n) is 31.7. The molecule has 0 aliphatic carbocycles.